The van der Waals surface area contributed by atoms with E-state index in [0.717, 1.165) is 43.7 Å². The molecule has 1 unspecified atom stereocenters. The summed E-state index contributed by atoms with van der Waals surface area (Å²) in [5, 5.41) is 10.3. The van der Waals surface area contributed by atoms with E-state index in [1.54, 1.807) is 17.4 Å². The highest BCUT2D eigenvalue weighted by Crippen LogP contribution is 2.39. The number of nitrogens with one attached hydrogen (secondary N) is 2. The molecule has 4 nitrogen and oxygen atoms in total. The van der Waals surface area contributed by atoms with Crippen molar-refractivity contribution in [2.24, 2.45) is 0 Å². The Hall–Kier alpha value is -2.02. The smallest absolute Gasteiger partial charge is 0.125 e. The van der Waals surface area contributed by atoms with E-state index in [2.05, 4.69) is 34.5 Å². The van der Waals surface area contributed by atoms with Crippen molar-refractivity contribution < 1.29 is 5.11 Å². The van der Waals surface area contributed by atoms with Gasteiger partial charge in [-0.05, 0) is 43.2 Å². The van der Waals surface area contributed by atoms with Crippen LogP contribution in [-0.2, 0) is 0 Å². The summed E-state index contributed by atoms with van der Waals surface area (Å²) in [6, 6.07) is 9.94. The summed E-state index contributed by atoms with van der Waals surface area (Å²) in [4.78, 5) is 4.51. The number of phenols is 1. The van der Waals surface area contributed by atoms with Crippen LogP contribution in [0.1, 0.15) is 22.3 Å². The average molecular weight is 355 g/mol. The summed E-state index contributed by atoms with van der Waals surface area (Å²) in [6.07, 6.45) is 0. The van der Waals surface area contributed by atoms with Crippen LogP contribution in [0.3, 0.4) is 0 Å². The standard InChI is InChI=1S/C18H17N3OS2/c1-9-6-12(13(22)7-10(9)2)17-15(18(23)21-20-17)11-4-3-5-14-16(11)19-8-24-14/h3-8,18,20-23H,1-2H3. The van der Waals surface area contributed by atoms with Crippen LogP contribution >= 0.6 is 24.0 Å². The second-order valence-electron chi connectivity index (χ2n) is 5.92. The Morgan fingerprint density at radius 1 is 1.17 bits per heavy atom. The SMILES string of the molecule is Cc1cc(O)c(C2=C(c3cccc4scnc34)C(S)NN2)cc1C. The third-order valence-corrected chi connectivity index (χ3v) is 5.59. The molecule has 0 aliphatic carbocycles. The predicted octanol–water partition coefficient (Wildman–Crippen LogP) is 3.85. The molecule has 0 saturated heterocycles. The first-order chi connectivity index (χ1) is 11.6. The van der Waals surface area contributed by atoms with Gasteiger partial charge in [0.15, 0.2) is 0 Å². The van der Waals surface area contributed by atoms with Crippen LogP contribution in [0.5, 0.6) is 5.75 Å². The number of nitrogens with zero attached hydrogens (tertiary/aromatic N) is 1. The van der Waals surface area contributed by atoms with E-state index in [1.165, 1.54) is 0 Å². The summed E-state index contributed by atoms with van der Waals surface area (Å²) < 4.78 is 1.14. The van der Waals surface area contributed by atoms with Crippen LogP contribution in [0.15, 0.2) is 35.8 Å². The van der Waals surface area contributed by atoms with Gasteiger partial charge in [-0.25, -0.2) is 10.4 Å². The minimum absolute atomic E-state index is 0.187. The summed E-state index contributed by atoms with van der Waals surface area (Å²) in [5.41, 5.74) is 15.0. The van der Waals surface area contributed by atoms with E-state index in [4.69, 9.17) is 0 Å². The highest BCUT2D eigenvalue weighted by atomic mass is 32.1. The molecule has 1 aromatic heterocycles. The molecule has 0 spiro atoms. The molecule has 0 bridgehead atoms. The Labute approximate surface area is 149 Å². The van der Waals surface area contributed by atoms with E-state index in [-0.39, 0.29) is 11.1 Å². The molecule has 24 heavy (non-hydrogen) atoms. The first kappa shape index (κ1) is 15.5. The summed E-state index contributed by atoms with van der Waals surface area (Å²) in [7, 11) is 0. The quantitative estimate of drug-likeness (QED) is 0.528. The van der Waals surface area contributed by atoms with Gasteiger partial charge in [0.05, 0.1) is 26.8 Å². The number of hydrogen-bond donors (Lipinski definition) is 4. The van der Waals surface area contributed by atoms with Gasteiger partial charge >= 0.3 is 0 Å². The van der Waals surface area contributed by atoms with Crippen LogP contribution in [0.2, 0.25) is 0 Å². The Bertz CT molecular complexity index is 978. The number of thiol groups is 1. The molecule has 2 aromatic carbocycles. The van der Waals surface area contributed by atoms with Crippen LogP contribution in [0.4, 0.5) is 0 Å². The van der Waals surface area contributed by atoms with Crippen molar-refractivity contribution in [1.29, 1.82) is 0 Å². The van der Waals surface area contributed by atoms with Crippen LogP contribution < -0.4 is 10.9 Å². The fraction of sp³-hybridized carbons (Fsp3) is 0.167. The molecule has 3 N–H and O–H groups in total. The van der Waals surface area contributed by atoms with Gasteiger partial charge in [0.2, 0.25) is 0 Å². The molecule has 0 saturated carbocycles. The third kappa shape index (κ3) is 2.38. The number of thiazole rings is 1. The van der Waals surface area contributed by atoms with Crippen molar-refractivity contribution in [3.63, 3.8) is 0 Å². The maximum atomic E-state index is 10.5. The van der Waals surface area contributed by atoms with Gasteiger partial charge in [0.1, 0.15) is 5.75 Å². The molecule has 1 atom stereocenters. The van der Waals surface area contributed by atoms with E-state index in [1.807, 2.05) is 37.6 Å². The van der Waals surface area contributed by atoms with Gasteiger partial charge in [-0.1, -0.05) is 12.1 Å². The molecular formula is C18H17N3OS2. The fourth-order valence-electron chi connectivity index (χ4n) is 3.02. The van der Waals surface area contributed by atoms with Crippen molar-refractivity contribution in [1.82, 2.24) is 15.8 Å². The summed E-state index contributed by atoms with van der Waals surface area (Å²) in [6.45, 7) is 4.03. The zero-order chi connectivity index (χ0) is 16.8. The number of hydrazine groups is 1. The van der Waals surface area contributed by atoms with Gasteiger partial charge in [0, 0.05) is 16.7 Å². The van der Waals surface area contributed by atoms with Crippen molar-refractivity contribution in [3.05, 3.63) is 58.1 Å². The first-order valence-corrected chi connectivity index (χ1v) is 9.03. The lowest BCUT2D eigenvalue weighted by Crippen LogP contribution is -2.28. The van der Waals surface area contributed by atoms with Crippen LogP contribution in [0, 0.1) is 13.8 Å². The maximum Gasteiger partial charge on any atom is 0.125 e. The van der Waals surface area contributed by atoms with E-state index < -0.39 is 0 Å². The number of aromatic nitrogens is 1. The molecule has 1 aliphatic rings. The lowest BCUT2D eigenvalue weighted by atomic mass is 9.96. The normalized spacial score (nSPS) is 17.5. The number of phenolic OH excluding ortho intramolecular Hbond substituents is 1. The fourth-order valence-corrected chi connectivity index (χ4v) is 4.05. The Morgan fingerprint density at radius 2 is 1.96 bits per heavy atom. The van der Waals surface area contributed by atoms with Gasteiger partial charge in [-0.3, -0.25) is 0 Å². The summed E-state index contributed by atoms with van der Waals surface area (Å²) in [5.74, 6) is 0.257. The van der Waals surface area contributed by atoms with E-state index in [0.29, 0.717) is 0 Å². The van der Waals surface area contributed by atoms with Crippen molar-refractivity contribution in [2.45, 2.75) is 19.2 Å². The van der Waals surface area contributed by atoms with Gasteiger partial charge in [-0.2, -0.15) is 12.6 Å². The maximum absolute atomic E-state index is 10.5. The number of fused-ring (bicyclic) bond motifs is 1. The number of aryl methyl sites for hydroxylation is 2. The molecule has 0 amide bonds. The molecule has 3 aromatic rings. The number of aromatic hydroxyl groups is 1. The van der Waals surface area contributed by atoms with Crippen molar-refractivity contribution >= 4 is 45.5 Å². The van der Waals surface area contributed by atoms with Crippen molar-refractivity contribution in [3.8, 4) is 5.75 Å². The zero-order valence-corrected chi connectivity index (χ0v) is 15.0. The molecule has 6 heteroatoms. The summed E-state index contributed by atoms with van der Waals surface area (Å²) >= 11 is 6.27. The first-order valence-electron chi connectivity index (χ1n) is 7.63. The molecule has 2 heterocycles. The van der Waals surface area contributed by atoms with Crippen LogP contribution in [0.25, 0.3) is 21.5 Å². The molecular weight excluding hydrogens is 338 g/mol. The number of benzene rings is 2. The predicted molar refractivity (Wildman–Crippen MR) is 103 cm³/mol. The minimum Gasteiger partial charge on any atom is -0.507 e. The zero-order valence-electron chi connectivity index (χ0n) is 13.3. The molecule has 0 radical (unpaired) electrons. The topological polar surface area (TPSA) is 57.2 Å². The molecule has 122 valence electrons. The molecule has 0 fully saturated rings. The van der Waals surface area contributed by atoms with Crippen LogP contribution in [-0.4, -0.2) is 15.5 Å². The lowest BCUT2D eigenvalue weighted by Gasteiger charge is -2.13. The minimum atomic E-state index is -0.187. The van der Waals surface area contributed by atoms with Gasteiger partial charge in [-0.15, -0.1) is 11.3 Å². The Morgan fingerprint density at radius 3 is 2.79 bits per heavy atom. The van der Waals surface area contributed by atoms with Crippen molar-refractivity contribution in [2.75, 3.05) is 0 Å². The molecule has 1 aliphatic heterocycles. The highest BCUT2D eigenvalue weighted by molar-refractivity contribution is 7.81. The van der Waals surface area contributed by atoms with E-state index >= 15 is 0 Å². The number of hydrogen-bond acceptors (Lipinski definition) is 6. The molecule has 4 rings (SSSR count). The van der Waals surface area contributed by atoms with E-state index in [9.17, 15) is 5.11 Å². The second kappa shape index (κ2) is 5.81. The average Bonchev–Trinajstić information content (AvgIpc) is 3.17. The Kier molecular flexibility index (Phi) is 3.75. The number of rotatable bonds is 2. The largest absolute Gasteiger partial charge is 0.507 e. The lowest BCUT2D eigenvalue weighted by molar-refractivity contribution is 0.472. The second-order valence-corrected chi connectivity index (χ2v) is 7.32. The van der Waals surface area contributed by atoms with Gasteiger partial charge in [0.25, 0.3) is 0 Å². The highest BCUT2D eigenvalue weighted by Gasteiger charge is 2.28. The van der Waals surface area contributed by atoms with Gasteiger partial charge < -0.3 is 10.5 Å². The monoisotopic (exact) mass is 355 g/mol. The number of para-hydroxylation sites is 1. The Balaban J connectivity index is 1.99. The third-order valence-electron chi connectivity index (χ3n) is 4.41.